The number of aromatic hydroxyl groups is 1. The molecule has 0 spiro atoms. The zero-order valence-corrected chi connectivity index (χ0v) is 17.1. The first kappa shape index (κ1) is 20.0. The Labute approximate surface area is 177 Å². The van der Waals surface area contributed by atoms with E-state index in [1.165, 1.54) is 33.5 Å². The van der Waals surface area contributed by atoms with E-state index in [4.69, 9.17) is 9.47 Å². The predicted octanol–water partition coefficient (Wildman–Crippen LogP) is 3.36. The maximum absolute atomic E-state index is 12.8. The number of carbonyl (C=O) groups is 1. The van der Waals surface area contributed by atoms with E-state index in [-0.39, 0.29) is 17.3 Å². The molecule has 0 saturated heterocycles. The normalized spacial score (nSPS) is 10.8. The Morgan fingerprint density at radius 1 is 1.10 bits per heavy atom. The summed E-state index contributed by atoms with van der Waals surface area (Å²) in [6.45, 7) is 1.71. The molecule has 2 aromatic heterocycles. The summed E-state index contributed by atoms with van der Waals surface area (Å²) in [5.74, 6) is 1.29. The molecule has 0 aliphatic rings. The van der Waals surface area contributed by atoms with Crippen LogP contribution in [0.4, 0.5) is 10.6 Å². The van der Waals surface area contributed by atoms with E-state index in [2.05, 4.69) is 10.3 Å². The number of phenols is 1. The van der Waals surface area contributed by atoms with Crippen molar-refractivity contribution in [3.8, 4) is 22.9 Å². The zero-order chi connectivity index (χ0) is 22.1. The number of hydrogen-bond acceptors (Lipinski definition) is 6. The second-order valence-corrected chi connectivity index (χ2v) is 6.90. The number of rotatable bonds is 4. The highest BCUT2D eigenvalue weighted by molar-refractivity contribution is 5.88. The van der Waals surface area contributed by atoms with Crippen LogP contribution in [0, 0.1) is 6.92 Å². The highest BCUT2D eigenvalue weighted by Gasteiger charge is 2.15. The number of pyridine rings is 1. The summed E-state index contributed by atoms with van der Waals surface area (Å²) in [6, 6.07) is 13.1. The molecular weight excluding hydrogens is 400 g/mol. The molecule has 0 saturated carbocycles. The predicted molar refractivity (Wildman–Crippen MR) is 115 cm³/mol. The van der Waals surface area contributed by atoms with E-state index < -0.39 is 6.09 Å². The van der Waals surface area contributed by atoms with Crippen LogP contribution in [0.1, 0.15) is 5.56 Å². The third kappa shape index (κ3) is 3.80. The first-order chi connectivity index (χ1) is 14.9. The summed E-state index contributed by atoms with van der Waals surface area (Å²) in [4.78, 5) is 29.4. The highest BCUT2D eigenvalue weighted by atomic mass is 16.6. The van der Waals surface area contributed by atoms with Gasteiger partial charge in [0.25, 0.3) is 0 Å². The summed E-state index contributed by atoms with van der Waals surface area (Å²) in [7, 11) is 3.22. The lowest BCUT2D eigenvalue weighted by atomic mass is 10.2. The second kappa shape index (κ2) is 7.86. The molecule has 0 bridgehead atoms. The van der Waals surface area contributed by atoms with Gasteiger partial charge < -0.3 is 14.6 Å². The fourth-order valence-electron chi connectivity index (χ4n) is 3.26. The lowest BCUT2D eigenvalue weighted by Crippen LogP contribution is -2.20. The molecule has 0 unspecified atom stereocenters. The molecule has 2 aromatic carbocycles. The van der Waals surface area contributed by atoms with Crippen LogP contribution in [0.15, 0.2) is 59.5 Å². The van der Waals surface area contributed by atoms with Crippen molar-refractivity contribution in [2.24, 2.45) is 7.05 Å². The van der Waals surface area contributed by atoms with Crippen LogP contribution in [-0.4, -0.2) is 32.4 Å². The number of anilines is 1. The van der Waals surface area contributed by atoms with E-state index in [0.717, 1.165) is 0 Å². The van der Waals surface area contributed by atoms with Crippen molar-refractivity contribution in [1.82, 2.24) is 14.1 Å². The number of hydrogen-bond donors (Lipinski definition) is 2. The molecule has 0 atom stereocenters. The number of fused-ring (bicyclic) bond motifs is 1. The molecule has 2 N–H and O–H groups in total. The van der Waals surface area contributed by atoms with Crippen molar-refractivity contribution in [2.75, 3.05) is 12.4 Å². The topological polar surface area (TPSA) is 108 Å². The molecule has 158 valence electrons. The lowest BCUT2D eigenvalue weighted by molar-refractivity contribution is 0.214. The van der Waals surface area contributed by atoms with Gasteiger partial charge in [0, 0.05) is 13.1 Å². The first-order valence-corrected chi connectivity index (χ1v) is 9.37. The minimum atomic E-state index is -0.741. The number of phenolic OH excluding ortho intramolecular Hbond substituents is 1. The maximum Gasteiger partial charge on any atom is 0.418 e. The van der Waals surface area contributed by atoms with E-state index in [1.54, 1.807) is 51.4 Å². The summed E-state index contributed by atoms with van der Waals surface area (Å²) in [5.41, 5.74) is 2.19. The van der Waals surface area contributed by atoms with E-state index in [9.17, 15) is 14.7 Å². The van der Waals surface area contributed by atoms with Gasteiger partial charge in [0.15, 0.2) is 0 Å². The Hall–Kier alpha value is -4.27. The summed E-state index contributed by atoms with van der Waals surface area (Å²) in [6.07, 6.45) is 0.771. The molecule has 9 nitrogen and oxygen atoms in total. The zero-order valence-electron chi connectivity index (χ0n) is 17.1. The van der Waals surface area contributed by atoms with Crippen LogP contribution in [0.2, 0.25) is 0 Å². The van der Waals surface area contributed by atoms with Gasteiger partial charge >= 0.3 is 11.8 Å². The van der Waals surface area contributed by atoms with E-state index in [1.807, 2.05) is 0 Å². The number of aryl methyl sites for hydroxylation is 2. The molecule has 0 aliphatic carbocycles. The monoisotopic (exact) mass is 420 g/mol. The third-order valence-corrected chi connectivity index (χ3v) is 4.86. The largest absolute Gasteiger partial charge is 0.508 e. The minimum Gasteiger partial charge on any atom is -0.508 e. The van der Waals surface area contributed by atoms with Crippen molar-refractivity contribution in [2.45, 2.75) is 6.92 Å². The van der Waals surface area contributed by atoms with Crippen LogP contribution in [0.5, 0.6) is 17.2 Å². The van der Waals surface area contributed by atoms with Gasteiger partial charge in [-0.25, -0.2) is 14.6 Å². The number of aromatic nitrogens is 3. The van der Waals surface area contributed by atoms with Crippen LogP contribution in [-0.2, 0) is 7.05 Å². The Balaban J connectivity index is 1.66. The molecule has 0 radical (unpaired) electrons. The van der Waals surface area contributed by atoms with Gasteiger partial charge in [-0.2, -0.15) is 0 Å². The fraction of sp³-hybridized carbons (Fsp3) is 0.136. The SMILES string of the molecule is COc1ccc(-n2c(=O)n(C)c3cnc(NC(=O)Oc4ccc(O)cc4C)cc32)cc1. The Morgan fingerprint density at radius 2 is 1.84 bits per heavy atom. The average molecular weight is 420 g/mol. The second-order valence-electron chi connectivity index (χ2n) is 6.90. The number of benzene rings is 2. The van der Waals surface area contributed by atoms with Crippen molar-refractivity contribution >= 4 is 22.9 Å². The van der Waals surface area contributed by atoms with Gasteiger partial charge in [0.05, 0.1) is 30.0 Å². The van der Waals surface area contributed by atoms with Gasteiger partial charge in [0.1, 0.15) is 23.1 Å². The first-order valence-electron chi connectivity index (χ1n) is 9.37. The molecule has 2 heterocycles. The summed E-state index contributed by atoms with van der Waals surface area (Å²) < 4.78 is 13.5. The molecular formula is C22H20N4O5. The van der Waals surface area contributed by atoms with Gasteiger partial charge in [-0.3, -0.25) is 14.5 Å². The number of ether oxygens (including phenoxy) is 2. The number of nitrogens with one attached hydrogen (secondary N) is 1. The summed E-state index contributed by atoms with van der Waals surface area (Å²) in [5, 5.41) is 12.0. The third-order valence-electron chi connectivity index (χ3n) is 4.86. The number of methoxy groups -OCH3 is 1. The molecule has 1 amide bonds. The van der Waals surface area contributed by atoms with Gasteiger partial charge in [-0.15, -0.1) is 0 Å². The van der Waals surface area contributed by atoms with Crippen molar-refractivity contribution in [3.05, 3.63) is 70.8 Å². The van der Waals surface area contributed by atoms with Crippen molar-refractivity contribution in [1.29, 1.82) is 0 Å². The van der Waals surface area contributed by atoms with E-state index in [0.29, 0.717) is 33.8 Å². The summed E-state index contributed by atoms with van der Waals surface area (Å²) >= 11 is 0. The Morgan fingerprint density at radius 3 is 2.52 bits per heavy atom. The van der Waals surface area contributed by atoms with E-state index >= 15 is 0 Å². The molecule has 31 heavy (non-hydrogen) atoms. The van der Waals surface area contributed by atoms with Crippen LogP contribution >= 0.6 is 0 Å². The van der Waals surface area contributed by atoms with Crippen molar-refractivity contribution < 1.29 is 19.4 Å². The molecule has 4 rings (SSSR count). The van der Waals surface area contributed by atoms with Crippen LogP contribution in [0.3, 0.4) is 0 Å². The van der Waals surface area contributed by atoms with Crippen LogP contribution in [0.25, 0.3) is 16.7 Å². The number of amides is 1. The molecule has 9 heteroatoms. The highest BCUT2D eigenvalue weighted by Crippen LogP contribution is 2.24. The average Bonchev–Trinajstić information content (AvgIpc) is 3.00. The number of imidazole rings is 1. The standard InChI is InChI=1S/C22H20N4O5/c1-13-10-15(27)6-9-19(13)31-21(28)24-20-11-17-18(12-23-20)25(2)22(29)26(17)14-4-7-16(30-3)8-5-14/h4-12,27H,1-3H3,(H,23,24,28). The lowest BCUT2D eigenvalue weighted by Gasteiger charge is -2.09. The minimum absolute atomic E-state index is 0.0814. The van der Waals surface area contributed by atoms with Crippen molar-refractivity contribution in [3.63, 3.8) is 0 Å². The maximum atomic E-state index is 12.8. The van der Waals surface area contributed by atoms with Crippen LogP contribution < -0.4 is 20.5 Å². The Bertz CT molecular complexity index is 1340. The molecule has 0 fully saturated rings. The van der Waals surface area contributed by atoms with Gasteiger partial charge in [-0.1, -0.05) is 0 Å². The van der Waals surface area contributed by atoms with Gasteiger partial charge in [-0.05, 0) is 55.0 Å². The molecule has 0 aliphatic heterocycles. The van der Waals surface area contributed by atoms with Gasteiger partial charge in [0.2, 0.25) is 0 Å². The Kier molecular flexibility index (Phi) is 5.08. The fourth-order valence-corrected chi connectivity index (χ4v) is 3.26. The quantitative estimate of drug-likeness (QED) is 0.524. The number of carbonyl (C=O) groups excluding carboxylic acids is 1. The smallest absolute Gasteiger partial charge is 0.418 e. The number of nitrogens with zero attached hydrogens (tertiary/aromatic N) is 3. The molecule has 4 aromatic rings.